The van der Waals surface area contributed by atoms with Crippen molar-refractivity contribution in [3.05, 3.63) is 24.3 Å². The highest BCUT2D eigenvalue weighted by atomic mass is 16.5. The summed E-state index contributed by atoms with van der Waals surface area (Å²) < 4.78 is 5.48. The topological polar surface area (TPSA) is 67.4 Å². The van der Waals surface area contributed by atoms with Crippen LogP contribution in [0.5, 0.6) is 5.75 Å². The fraction of sp³-hybridized carbons (Fsp3) is 0.529. The molecule has 2 rings (SSSR count). The maximum Gasteiger partial charge on any atom is 0.258 e. The Morgan fingerprint density at radius 3 is 2.50 bits per heavy atom. The zero-order valence-electron chi connectivity index (χ0n) is 13.2. The molecule has 0 heterocycles. The fourth-order valence-corrected chi connectivity index (χ4v) is 2.77. The van der Waals surface area contributed by atoms with Crippen molar-refractivity contribution in [2.75, 3.05) is 11.9 Å². The lowest BCUT2D eigenvalue weighted by atomic mass is 9.86. The van der Waals surface area contributed by atoms with Crippen LogP contribution in [0.4, 0.5) is 5.69 Å². The van der Waals surface area contributed by atoms with Crippen LogP contribution in [0.3, 0.4) is 0 Å². The second kappa shape index (κ2) is 7.82. The number of amides is 2. The lowest BCUT2D eigenvalue weighted by Crippen LogP contribution is -2.43. The lowest BCUT2D eigenvalue weighted by Gasteiger charge is -2.29. The van der Waals surface area contributed by atoms with Crippen molar-refractivity contribution in [1.29, 1.82) is 0 Å². The third-order valence-electron chi connectivity index (χ3n) is 4.00. The molecule has 0 aliphatic heterocycles. The van der Waals surface area contributed by atoms with Gasteiger partial charge in [-0.1, -0.05) is 19.8 Å². The minimum atomic E-state index is -0.116. The SMILES string of the molecule is CC(=O)Nc1ccc(OCC(=O)N[C@@H]2CCCC[C@H]2C)cc1. The molecule has 1 aliphatic carbocycles. The quantitative estimate of drug-likeness (QED) is 0.879. The molecular weight excluding hydrogens is 280 g/mol. The van der Waals surface area contributed by atoms with Gasteiger partial charge in [-0.15, -0.1) is 0 Å². The van der Waals surface area contributed by atoms with Crippen LogP contribution in [0.25, 0.3) is 0 Å². The summed E-state index contributed by atoms with van der Waals surface area (Å²) >= 11 is 0. The number of carbonyl (C=O) groups is 2. The molecule has 120 valence electrons. The van der Waals surface area contributed by atoms with Gasteiger partial charge in [0.1, 0.15) is 5.75 Å². The molecule has 1 aromatic rings. The van der Waals surface area contributed by atoms with Gasteiger partial charge in [-0.25, -0.2) is 0 Å². The molecular formula is C17H24N2O3. The first kappa shape index (κ1) is 16.3. The Hall–Kier alpha value is -2.04. The molecule has 22 heavy (non-hydrogen) atoms. The van der Waals surface area contributed by atoms with Gasteiger partial charge < -0.3 is 15.4 Å². The van der Waals surface area contributed by atoms with E-state index in [0.717, 1.165) is 6.42 Å². The number of hydrogen-bond donors (Lipinski definition) is 2. The third kappa shape index (κ3) is 5.06. The summed E-state index contributed by atoms with van der Waals surface area (Å²) in [5, 5.41) is 5.74. The molecule has 2 N–H and O–H groups in total. The highest BCUT2D eigenvalue weighted by Gasteiger charge is 2.22. The van der Waals surface area contributed by atoms with Gasteiger partial charge in [0.2, 0.25) is 5.91 Å². The van der Waals surface area contributed by atoms with Crippen molar-refractivity contribution in [2.45, 2.75) is 45.6 Å². The Labute approximate surface area is 131 Å². The Morgan fingerprint density at radius 2 is 1.86 bits per heavy atom. The molecule has 1 saturated carbocycles. The Kier molecular flexibility index (Phi) is 5.81. The summed E-state index contributed by atoms with van der Waals surface area (Å²) in [5.74, 6) is 0.954. The van der Waals surface area contributed by atoms with Crippen molar-refractivity contribution in [3.63, 3.8) is 0 Å². The molecule has 5 heteroatoms. The monoisotopic (exact) mass is 304 g/mol. The number of carbonyl (C=O) groups excluding carboxylic acids is 2. The normalized spacial score (nSPS) is 21.0. The van der Waals surface area contributed by atoms with E-state index in [2.05, 4.69) is 17.6 Å². The van der Waals surface area contributed by atoms with E-state index in [0.29, 0.717) is 17.4 Å². The van der Waals surface area contributed by atoms with Crippen molar-refractivity contribution >= 4 is 17.5 Å². The average molecular weight is 304 g/mol. The molecule has 0 unspecified atom stereocenters. The Morgan fingerprint density at radius 1 is 1.18 bits per heavy atom. The van der Waals surface area contributed by atoms with Crippen molar-refractivity contribution in [2.24, 2.45) is 5.92 Å². The van der Waals surface area contributed by atoms with E-state index in [-0.39, 0.29) is 24.5 Å². The van der Waals surface area contributed by atoms with Crippen molar-refractivity contribution in [1.82, 2.24) is 5.32 Å². The molecule has 0 spiro atoms. The van der Waals surface area contributed by atoms with Crippen LogP contribution in [-0.2, 0) is 9.59 Å². The largest absolute Gasteiger partial charge is 0.484 e. The van der Waals surface area contributed by atoms with Crippen LogP contribution >= 0.6 is 0 Å². The van der Waals surface area contributed by atoms with Crippen LogP contribution in [-0.4, -0.2) is 24.5 Å². The highest BCUT2D eigenvalue weighted by molar-refractivity contribution is 5.88. The first-order valence-corrected chi connectivity index (χ1v) is 7.84. The maximum absolute atomic E-state index is 11.9. The molecule has 1 aromatic carbocycles. The summed E-state index contributed by atoms with van der Waals surface area (Å²) in [6, 6.07) is 7.24. The fourth-order valence-electron chi connectivity index (χ4n) is 2.77. The van der Waals surface area contributed by atoms with Gasteiger partial charge in [0.15, 0.2) is 6.61 Å². The molecule has 1 aliphatic rings. The lowest BCUT2D eigenvalue weighted by molar-refractivity contribution is -0.124. The Balaban J connectivity index is 1.77. The van der Waals surface area contributed by atoms with Gasteiger partial charge >= 0.3 is 0 Å². The second-order valence-electron chi connectivity index (χ2n) is 5.93. The smallest absolute Gasteiger partial charge is 0.258 e. The number of anilines is 1. The van der Waals surface area contributed by atoms with Gasteiger partial charge in [-0.3, -0.25) is 9.59 Å². The minimum absolute atomic E-state index is 0.0166. The minimum Gasteiger partial charge on any atom is -0.484 e. The number of hydrogen-bond acceptors (Lipinski definition) is 3. The van der Waals surface area contributed by atoms with E-state index >= 15 is 0 Å². The molecule has 0 radical (unpaired) electrons. The van der Waals surface area contributed by atoms with Crippen molar-refractivity contribution < 1.29 is 14.3 Å². The van der Waals surface area contributed by atoms with Gasteiger partial charge in [-0.2, -0.15) is 0 Å². The van der Waals surface area contributed by atoms with Crippen LogP contribution < -0.4 is 15.4 Å². The summed E-state index contributed by atoms with van der Waals surface area (Å²) in [6.45, 7) is 3.66. The predicted octanol–water partition coefficient (Wildman–Crippen LogP) is 2.72. The number of rotatable bonds is 5. The van der Waals surface area contributed by atoms with Gasteiger partial charge in [0.05, 0.1) is 0 Å². The van der Waals surface area contributed by atoms with Gasteiger partial charge in [0.25, 0.3) is 5.91 Å². The summed E-state index contributed by atoms with van der Waals surface area (Å²) in [6.07, 6.45) is 4.67. The first-order chi connectivity index (χ1) is 10.5. The summed E-state index contributed by atoms with van der Waals surface area (Å²) in [7, 11) is 0. The average Bonchev–Trinajstić information content (AvgIpc) is 2.48. The van der Waals surface area contributed by atoms with E-state index < -0.39 is 0 Å². The van der Waals surface area contributed by atoms with Gasteiger partial charge in [0, 0.05) is 18.7 Å². The van der Waals surface area contributed by atoms with E-state index in [9.17, 15) is 9.59 Å². The third-order valence-corrected chi connectivity index (χ3v) is 4.00. The highest BCUT2D eigenvalue weighted by Crippen LogP contribution is 2.23. The van der Waals surface area contributed by atoms with Crippen LogP contribution in [0.2, 0.25) is 0 Å². The molecule has 0 saturated heterocycles. The van der Waals surface area contributed by atoms with Crippen molar-refractivity contribution in [3.8, 4) is 5.75 Å². The van der Waals surface area contributed by atoms with Crippen LogP contribution in [0.15, 0.2) is 24.3 Å². The summed E-state index contributed by atoms with van der Waals surface area (Å²) in [5.41, 5.74) is 0.709. The zero-order valence-corrected chi connectivity index (χ0v) is 13.2. The molecule has 2 atom stereocenters. The molecule has 5 nitrogen and oxygen atoms in total. The zero-order chi connectivity index (χ0) is 15.9. The number of ether oxygens (including phenoxy) is 1. The van der Waals surface area contributed by atoms with E-state index in [1.165, 1.54) is 26.2 Å². The second-order valence-corrected chi connectivity index (χ2v) is 5.93. The first-order valence-electron chi connectivity index (χ1n) is 7.84. The maximum atomic E-state index is 11.9. The predicted molar refractivity (Wildman–Crippen MR) is 85.8 cm³/mol. The molecule has 0 aromatic heterocycles. The van der Waals surface area contributed by atoms with Crippen LogP contribution in [0.1, 0.15) is 39.5 Å². The molecule has 2 amide bonds. The van der Waals surface area contributed by atoms with Gasteiger partial charge in [-0.05, 0) is 43.0 Å². The standard InChI is InChI=1S/C17H24N2O3/c1-12-5-3-4-6-16(12)19-17(21)11-22-15-9-7-14(8-10-15)18-13(2)20/h7-10,12,16H,3-6,11H2,1-2H3,(H,18,20)(H,19,21)/t12-,16-/m1/s1. The van der Waals surface area contributed by atoms with E-state index in [1.807, 2.05) is 0 Å². The van der Waals surface area contributed by atoms with E-state index in [4.69, 9.17) is 4.74 Å². The Bertz CT molecular complexity index is 513. The number of benzene rings is 1. The van der Waals surface area contributed by atoms with Crippen LogP contribution in [0, 0.1) is 5.92 Å². The number of nitrogens with one attached hydrogen (secondary N) is 2. The molecule has 1 fully saturated rings. The molecule has 0 bridgehead atoms. The van der Waals surface area contributed by atoms with E-state index in [1.54, 1.807) is 24.3 Å². The summed E-state index contributed by atoms with van der Waals surface area (Å²) in [4.78, 5) is 22.9.